The zero-order valence-corrected chi connectivity index (χ0v) is 27.6. The summed E-state index contributed by atoms with van der Waals surface area (Å²) in [5.41, 5.74) is 1.10. The van der Waals surface area contributed by atoms with Crippen molar-refractivity contribution in [3.8, 4) is 11.5 Å². The number of likely N-dealkylation sites (tertiary alicyclic amines) is 1. The third-order valence-electron chi connectivity index (χ3n) is 10.3. The highest BCUT2D eigenvalue weighted by molar-refractivity contribution is 9.10. The molecule has 1 saturated carbocycles. The number of rotatable bonds is 6. The molecule has 2 aliphatic carbocycles. The van der Waals surface area contributed by atoms with Gasteiger partial charge in [-0.2, -0.15) is 0 Å². The number of methoxy groups -OCH3 is 1. The number of fused-ring (bicyclic) bond motifs is 4. The number of amides is 4. The van der Waals surface area contributed by atoms with Crippen LogP contribution in [0.2, 0.25) is 5.02 Å². The van der Waals surface area contributed by atoms with Gasteiger partial charge in [-0.05, 0) is 82.6 Å². The van der Waals surface area contributed by atoms with Gasteiger partial charge in [0.2, 0.25) is 23.6 Å². The Bertz CT molecular complexity index is 1830. The predicted molar refractivity (Wildman–Crippen MR) is 175 cm³/mol. The molecular formula is C36H32BrClN2O6. The summed E-state index contributed by atoms with van der Waals surface area (Å²) in [5, 5.41) is 11.2. The quantitative estimate of drug-likeness (QED) is 0.236. The minimum Gasteiger partial charge on any atom is -0.503 e. The molecule has 7 rings (SSSR count). The molecule has 2 saturated heterocycles. The molecule has 3 aromatic carbocycles. The highest BCUT2D eigenvalue weighted by atomic mass is 79.9. The van der Waals surface area contributed by atoms with Crippen LogP contribution in [0, 0.1) is 23.7 Å². The number of imide groups is 2. The van der Waals surface area contributed by atoms with Crippen LogP contribution >= 0.6 is 27.5 Å². The van der Waals surface area contributed by atoms with E-state index in [-0.39, 0.29) is 35.6 Å². The smallest absolute Gasteiger partial charge is 0.246 e. The van der Waals surface area contributed by atoms with Crippen molar-refractivity contribution in [1.82, 2.24) is 4.90 Å². The van der Waals surface area contributed by atoms with Crippen LogP contribution in [0.15, 0.2) is 82.9 Å². The van der Waals surface area contributed by atoms with Crippen LogP contribution in [-0.2, 0) is 24.6 Å². The van der Waals surface area contributed by atoms with Gasteiger partial charge in [-0.15, -0.1) is 0 Å². The first kappa shape index (κ1) is 30.7. The number of aromatic hydroxyl groups is 1. The van der Waals surface area contributed by atoms with E-state index >= 15 is 4.79 Å². The average Bonchev–Trinajstić information content (AvgIpc) is 3.43. The largest absolute Gasteiger partial charge is 0.503 e. The third kappa shape index (κ3) is 4.24. The van der Waals surface area contributed by atoms with Crippen molar-refractivity contribution in [2.75, 3.05) is 18.6 Å². The van der Waals surface area contributed by atoms with Gasteiger partial charge in [0.25, 0.3) is 0 Å². The summed E-state index contributed by atoms with van der Waals surface area (Å²) >= 11 is 9.85. The number of halogens is 2. The summed E-state index contributed by atoms with van der Waals surface area (Å²) in [6.07, 6.45) is 3.23. The van der Waals surface area contributed by atoms with E-state index in [1.165, 1.54) is 16.9 Å². The van der Waals surface area contributed by atoms with E-state index in [4.69, 9.17) is 16.3 Å². The maximum absolute atomic E-state index is 15.2. The normalized spacial score (nSPS) is 28.6. The van der Waals surface area contributed by atoms with Crippen LogP contribution in [0.3, 0.4) is 0 Å². The summed E-state index contributed by atoms with van der Waals surface area (Å²) in [5.74, 6) is -4.27. The number of benzene rings is 3. The molecule has 0 bridgehead atoms. The maximum atomic E-state index is 15.2. The number of anilines is 1. The first-order valence-corrected chi connectivity index (χ1v) is 16.6. The third-order valence-corrected chi connectivity index (χ3v) is 11.1. The molecule has 46 heavy (non-hydrogen) atoms. The van der Waals surface area contributed by atoms with Gasteiger partial charge in [0.15, 0.2) is 11.5 Å². The van der Waals surface area contributed by atoms with Gasteiger partial charge in [-0.1, -0.05) is 66.6 Å². The van der Waals surface area contributed by atoms with Gasteiger partial charge in [0.1, 0.15) is 0 Å². The first-order chi connectivity index (χ1) is 22.1. The van der Waals surface area contributed by atoms with E-state index in [9.17, 15) is 19.5 Å². The Morgan fingerprint density at radius 3 is 2.43 bits per heavy atom. The molecule has 6 unspecified atom stereocenters. The second kappa shape index (κ2) is 11.4. The molecule has 3 fully saturated rings. The minimum atomic E-state index is -1.41. The number of hydrogen-bond donors (Lipinski definition) is 1. The molecule has 8 nitrogen and oxygen atoms in total. The fourth-order valence-corrected chi connectivity index (χ4v) is 9.19. The van der Waals surface area contributed by atoms with Crippen molar-refractivity contribution < 1.29 is 29.0 Å². The van der Waals surface area contributed by atoms with Crippen LogP contribution < -0.4 is 9.64 Å². The SMILES string of the molecule is CCCN1C(=O)C2CC=C3C(CC4C(=O)N(c5cccc(Cl)c5)C(=O)C4(c4ccccc4)C3c3cc(Br)c(O)c(OC)c3)C2C1=O. The number of carbonyl (C=O) groups is 4. The van der Waals surface area contributed by atoms with Crippen molar-refractivity contribution >= 4 is 56.8 Å². The first-order valence-electron chi connectivity index (χ1n) is 15.5. The molecule has 2 heterocycles. The zero-order chi connectivity index (χ0) is 32.5. The number of phenols is 1. The Hall–Kier alpha value is -3.95. The van der Waals surface area contributed by atoms with Gasteiger partial charge in [-0.3, -0.25) is 24.1 Å². The second-order valence-corrected chi connectivity index (χ2v) is 13.8. The lowest BCUT2D eigenvalue weighted by Crippen LogP contribution is -2.53. The predicted octanol–water partition coefficient (Wildman–Crippen LogP) is 6.39. The summed E-state index contributed by atoms with van der Waals surface area (Å²) in [6, 6.07) is 19.5. The molecule has 6 atom stereocenters. The van der Waals surface area contributed by atoms with Crippen LogP contribution in [0.1, 0.15) is 43.2 Å². The standard InChI is InChI=1S/C36H32BrClN2O6/c1-3-14-39-32(42)24-13-12-23-25(29(24)34(39)44)18-26-33(43)40(22-11-7-10-21(38)17-22)35(45)36(26,20-8-5-4-6-9-20)30(23)19-15-27(37)31(41)28(16-19)46-2/h4-12,15-17,24-26,29-30,41H,3,13-14,18H2,1-2H3. The molecule has 0 spiro atoms. The summed E-state index contributed by atoms with van der Waals surface area (Å²) in [4.78, 5) is 60.1. The number of hydrogen-bond acceptors (Lipinski definition) is 6. The lowest BCUT2D eigenvalue weighted by Gasteiger charge is -2.50. The van der Waals surface area contributed by atoms with Crippen LogP contribution in [0.4, 0.5) is 5.69 Å². The molecule has 0 radical (unpaired) electrons. The van der Waals surface area contributed by atoms with E-state index in [2.05, 4.69) is 15.9 Å². The lowest BCUT2D eigenvalue weighted by atomic mass is 9.49. The molecule has 4 aliphatic rings. The highest BCUT2D eigenvalue weighted by Crippen LogP contribution is 2.65. The Kier molecular flexibility index (Phi) is 7.60. The molecule has 10 heteroatoms. The Balaban J connectivity index is 1.52. The van der Waals surface area contributed by atoms with E-state index in [0.717, 1.165) is 5.57 Å². The lowest BCUT2D eigenvalue weighted by molar-refractivity contribution is -0.140. The van der Waals surface area contributed by atoms with E-state index in [0.29, 0.717) is 45.7 Å². The monoisotopic (exact) mass is 702 g/mol. The number of allylic oxidation sites excluding steroid dienone is 2. The van der Waals surface area contributed by atoms with Gasteiger partial charge in [0.05, 0.1) is 40.4 Å². The fourth-order valence-electron chi connectivity index (χ4n) is 8.54. The van der Waals surface area contributed by atoms with E-state index < -0.39 is 40.9 Å². The van der Waals surface area contributed by atoms with Crippen LogP contribution in [-0.4, -0.2) is 47.3 Å². The van der Waals surface area contributed by atoms with Crippen molar-refractivity contribution in [3.05, 3.63) is 99.0 Å². The van der Waals surface area contributed by atoms with Crippen molar-refractivity contribution in [1.29, 1.82) is 0 Å². The van der Waals surface area contributed by atoms with Crippen molar-refractivity contribution in [3.63, 3.8) is 0 Å². The molecule has 3 aromatic rings. The number of nitrogens with zero attached hydrogens (tertiary/aromatic N) is 2. The average molecular weight is 704 g/mol. The van der Waals surface area contributed by atoms with Crippen molar-refractivity contribution in [2.24, 2.45) is 23.7 Å². The Labute approximate surface area is 280 Å². The Morgan fingerprint density at radius 2 is 1.74 bits per heavy atom. The fraction of sp³-hybridized carbons (Fsp3) is 0.333. The molecule has 236 valence electrons. The van der Waals surface area contributed by atoms with Gasteiger partial charge in [-0.25, -0.2) is 4.90 Å². The van der Waals surface area contributed by atoms with Gasteiger partial charge >= 0.3 is 0 Å². The van der Waals surface area contributed by atoms with Crippen LogP contribution in [0.25, 0.3) is 0 Å². The molecule has 1 N–H and O–H groups in total. The molecule has 4 amide bonds. The molecular weight excluding hydrogens is 672 g/mol. The maximum Gasteiger partial charge on any atom is 0.246 e. The number of phenolic OH excluding ortho intramolecular Hbond substituents is 1. The van der Waals surface area contributed by atoms with E-state index in [1.807, 2.05) is 43.3 Å². The highest BCUT2D eigenvalue weighted by Gasteiger charge is 2.70. The summed E-state index contributed by atoms with van der Waals surface area (Å²) < 4.78 is 5.92. The van der Waals surface area contributed by atoms with Crippen LogP contribution in [0.5, 0.6) is 11.5 Å². The minimum absolute atomic E-state index is 0.0947. The summed E-state index contributed by atoms with van der Waals surface area (Å²) in [6.45, 7) is 2.27. The zero-order valence-electron chi connectivity index (χ0n) is 25.3. The van der Waals surface area contributed by atoms with Gasteiger partial charge < -0.3 is 9.84 Å². The van der Waals surface area contributed by atoms with E-state index in [1.54, 1.807) is 36.4 Å². The van der Waals surface area contributed by atoms with Crippen molar-refractivity contribution in [2.45, 2.75) is 37.5 Å². The molecule has 2 aliphatic heterocycles. The van der Waals surface area contributed by atoms with Gasteiger partial charge in [0, 0.05) is 17.5 Å². The molecule has 0 aromatic heterocycles. The second-order valence-electron chi connectivity index (χ2n) is 12.5. The summed E-state index contributed by atoms with van der Waals surface area (Å²) in [7, 11) is 1.45. The number of ether oxygens (including phenoxy) is 1. The Morgan fingerprint density at radius 1 is 0.978 bits per heavy atom. The topological polar surface area (TPSA) is 104 Å². The number of carbonyl (C=O) groups excluding carboxylic acids is 4.